The van der Waals surface area contributed by atoms with E-state index in [2.05, 4.69) is 24.8 Å². The molecular weight excluding hydrogens is 218 g/mol. The Morgan fingerprint density at radius 3 is 3.12 bits per heavy atom. The van der Waals surface area contributed by atoms with Gasteiger partial charge in [-0.1, -0.05) is 0 Å². The predicted molar refractivity (Wildman–Crippen MR) is 63.8 cm³/mol. The van der Waals surface area contributed by atoms with Gasteiger partial charge in [0.1, 0.15) is 11.8 Å². The summed E-state index contributed by atoms with van der Waals surface area (Å²) in [5.74, 6) is 0.826. The van der Waals surface area contributed by atoms with E-state index >= 15 is 0 Å². The summed E-state index contributed by atoms with van der Waals surface area (Å²) in [5.41, 5.74) is 0.862. The minimum absolute atomic E-state index is 0.595. The topological polar surface area (TPSA) is 77.9 Å². The number of aliphatic hydroxyl groups is 1. The van der Waals surface area contributed by atoms with Crippen LogP contribution in [0.3, 0.4) is 0 Å². The van der Waals surface area contributed by atoms with Crippen molar-refractivity contribution in [1.29, 1.82) is 0 Å². The van der Waals surface area contributed by atoms with Crippen LogP contribution < -0.4 is 4.90 Å². The quantitative estimate of drug-likeness (QED) is 0.758. The van der Waals surface area contributed by atoms with Crippen molar-refractivity contribution < 1.29 is 5.11 Å². The van der Waals surface area contributed by atoms with E-state index in [1.807, 2.05) is 6.92 Å². The predicted octanol–water partition coefficient (Wildman–Crippen LogP) is 0.704. The molecule has 1 aliphatic heterocycles. The third kappa shape index (κ3) is 1.84. The molecule has 3 rings (SSSR count). The third-order valence-electron chi connectivity index (χ3n) is 3.18. The highest BCUT2D eigenvalue weighted by Crippen LogP contribution is 2.27. The lowest BCUT2D eigenvalue weighted by atomic mass is 9.95. The van der Waals surface area contributed by atoms with Gasteiger partial charge < -0.3 is 15.0 Å². The first-order valence-electron chi connectivity index (χ1n) is 5.77. The lowest BCUT2D eigenvalue weighted by Gasteiger charge is -2.37. The number of hydrogen-bond acceptors (Lipinski definition) is 5. The first-order chi connectivity index (χ1) is 8.16. The minimum atomic E-state index is -0.643. The molecule has 0 aliphatic carbocycles. The zero-order chi connectivity index (χ0) is 11.9. The van der Waals surface area contributed by atoms with E-state index in [1.54, 1.807) is 6.33 Å². The number of nitrogens with zero attached hydrogens (tertiary/aromatic N) is 4. The number of hydrogen-bond donors (Lipinski definition) is 2. The molecule has 2 aromatic heterocycles. The van der Waals surface area contributed by atoms with Gasteiger partial charge in [0.15, 0.2) is 11.5 Å². The van der Waals surface area contributed by atoms with Gasteiger partial charge in [0.05, 0.1) is 11.9 Å². The van der Waals surface area contributed by atoms with Crippen LogP contribution in [0.4, 0.5) is 5.82 Å². The summed E-state index contributed by atoms with van der Waals surface area (Å²) in [6, 6.07) is 0. The molecule has 3 heterocycles. The van der Waals surface area contributed by atoms with Gasteiger partial charge in [0.2, 0.25) is 0 Å². The van der Waals surface area contributed by atoms with Crippen molar-refractivity contribution in [1.82, 2.24) is 19.9 Å². The Kier molecular flexibility index (Phi) is 2.25. The molecule has 0 spiro atoms. The monoisotopic (exact) mass is 233 g/mol. The highest BCUT2D eigenvalue weighted by atomic mass is 16.3. The van der Waals surface area contributed by atoms with Crippen molar-refractivity contribution in [3.05, 3.63) is 12.7 Å². The van der Waals surface area contributed by atoms with Gasteiger partial charge in [-0.3, -0.25) is 0 Å². The number of piperidine rings is 1. The normalized spacial score (nSPS) is 25.4. The Bertz CT molecular complexity index is 535. The standard InChI is InChI=1S/C11H15N5O/c1-11(17)3-2-4-16(5-11)10-8-9(13-6-12-8)14-7-15-10/h6-7,17H,2-5H2,1H3,(H,12,13,14,15). The van der Waals surface area contributed by atoms with Crippen LogP contribution in [-0.4, -0.2) is 43.7 Å². The molecule has 0 bridgehead atoms. The molecule has 1 atom stereocenters. The van der Waals surface area contributed by atoms with Crippen LogP contribution in [0, 0.1) is 0 Å². The molecule has 1 fully saturated rings. The number of aromatic amines is 1. The molecule has 2 N–H and O–H groups in total. The largest absolute Gasteiger partial charge is 0.388 e. The molecule has 1 saturated heterocycles. The van der Waals surface area contributed by atoms with E-state index in [1.165, 1.54) is 6.33 Å². The second-order valence-corrected chi connectivity index (χ2v) is 4.82. The van der Waals surface area contributed by atoms with Gasteiger partial charge in [-0.15, -0.1) is 0 Å². The Morgan fingerprint density at radius 2 is 2.29 bits per heavy atom. The lowest BCUT2D eigenvalue weighted by Crippen LogP contribution is -2.46. The van der Waals surface area contributed by atoms with E-state index in [9.17, 15) is 5.11 Å². The van der Waals surface area contributed by atoms with Crippen LogP contribution in [0.1, 0.15) is 19.8 Å². The van der Waals surface area contributed by atoms with E-state index in [-0.39, 0.29) is 0 Å². The minimum Gasteiger partial charge on any atom is -0.388 e. The zero-order valence-electron chi connectivity index (χ0n) is 9.72. The van der Waals surface area contributed by atoms with E-state index in [0.717, 1.165) is 30.7 Å². The lowest BCUT2D eigenvalue weighted by molar-refractivity contribution is 0.0448. The molecule has 1 aliphatic rings. The maximum atomic E-state index is 10.1. The average Bonchev–Trinajstić information content (AvgIpc) is 2.75. The Labute approximate surface area is 98.7 Å². The molecule has 6 heteroatoms. The first-order valence-corrected chi connectivity index (χ1v) is 5.77. The molecule has 17 heavy (non-hydrogen) atoms. The molecule has 0 amide bonds. The summed E-state index contributed by atoms with van der Waals surface area (Å²) in [5, 5.41) is 10.1. The van der Waals surface area contributed by atoms with Crippen molar-refractivity contribution in [2.45, 2.75) is 25.4 Å². The summed E-state index contributed by atoms with van der Waals surface area (Å²) in [6.07, 6.45) is 4.93. The fraction of sp³-hybridized carbons (Fsp3) is 0.545. The summed E-state index contributed by atoms with van der Waals surface area (Å²) < 4.78 is 0. The van der Waals surface area contributed by atoms with Crippen molar-refractivity contribution in [3.8, 4) is 0 Å². The average molecular weight is 233 g/mol. The number of H-pyrrole nitrogens is 1. The maximum Gasteiger partial charge on any atom is 0.182 e. The van der Waals surface area contributed by atoms with Crippen LogP contribution in [0.15, 0.2) is 12.7 Å². The Morgan fingerprint density at radius 1 is 1.41 bits per heavy atom. The Balaban J connectivity index is 2.00. The smallest absolute Gasteiger partial charge is 0.182 e. The van der Waals surface area contributed by atoms with Crippen LogP contribution in [-0.2, 0) is 0 Å². The molecule has 0 aromatic carbocycles. The zero-order valence-corrected chi connectivity index (χ0v) is 9.72. The SMILES string of the molecule is CC1(O)CCCN(c2ncnc3nc[nH]c23)C1. The molecule has 0 saturated carbocycles. The highest BCUT2D eigenvalue weighted by molar-refractivity contribution is 5.82. The van der Waals surface area contributed by atoms with E-state index in [4.69, 9.17) is 0 Å². The summed E-state index contributed by atoms with van der Waals surface area (Å²) in [7, 11) is 0. The van der Waals surface area contributed by atoms with Crippen LogP contribution in [0.2, 0.25) is 0 Å². The number of nitrogens with one attached hydrogen (secondary N) is 1. The van der Waals surface area contributed by atoms with Crippen molar-refractivity contribution in [3.63, 3.8) is 0 Å². The van der Waals surface area contributed by atoms with Gasteiger partial charge in [-0.25, -0.2) is 15.0 Å². The number of β-amino-alcohol motifs (C(OH)–C–C–N with tert-alkyl or cyclic N) is 1. The number of rotatable bonds is 1. The molecular formula is C11H15N5O. The van der Waals surface area contributed by atoms with E-state index in [0.29, 0.717) is 12.2 Å². The van der Waals surface area contributed by atoms with Crippen LogP contribution >= 0.6 is 0 Å². The summed E-state index contributed by atoms with van der Waals surface area (Å²) >= 11 is 0. The van der Waals surface area contributed by atoms with E-state index < -0.39 is 5.60 Å². The molecule has 1 unspecified atom stereocenters. The number of aromatic nitrogens is 4. The van der Waals surface area contributed by atoms with Gasteiger partial charge in [-0.2, -0.15) is 0 Å². The molecule has 2 aromatic rings. The van der Waals surface area contributed by atoms with Crippen molar-refractivity contribution >= 4 is 17.0 Å². The fourth-order valence-corrected chi connectivity index (χ4v) is 2.39. The maximum absolute atomic E-state index is 10.1. The second kappa shape index (κ2) is 3.66. The summed E-state index contributed by atoms with van der Waals surface area (Å²) in [4.78, 5) is 17.6. The third-order valence-corrected chi connectivity index (χ3v) is 3.18. The molecule has 90 valence electrons. The molecule has 0 radical (unpaired) electrons. The van der Waals surface area contributed by atoms with Crippen molar-refractivity contribution in [2.24, 2.45) is 0 Å². The van der Waals surface area contributed by atoms with Crippen LogP contribution in [0.5, 0.6) is 0 Å². The summed E-state index contributed by atoms with van der Waals surface area (Å²) in [6.45, 7) is 3.37. The van der Waals surface area contributed by atoms with Gasteiger partial charge in [0.25, 0.3) is 0 Å². The molecule has 6 nitrogen and oxygen atoms in total. The Hall–Kier alpha value is -1.69. The first kappa shape index (κ1) is 10.5. The van der Waals surface area contributed by atoms with Gasteiger partial charge in [0, 0.05) is 13.1 Å². The number of fused-ring (bicyclic) bond motifs is 1. The van der Waals surface area contributed by atoms with Crippen molar-refractivity contribution in [2.75, 3.05) is 18.0 Å². The van der Waals surface area contributed by atoms with Gasteiger partial charge in [-0.05, 0) is 19.8 Å². The highest BCUT2D eigenvalue weighted by Gasteiger charge is 2.30. The van der Waals surface area contributed by atoms with Crippen LogP contribution in [0.25, 0.3) is 11.2 Å². The second-order valence-electron chi connectivity index (χ2n) is 4.82. The van der Waals surface area contributed by atoms with Gasteiger partial charge >= 0.3 is 0 Å². The fourth-order valence-electron chi connectivity index (χ4n) is 2.39. The number of imidazole rings is 1. The number of anilines is 1.